The lowest BCUT2D eigenvalue weighted by Crippen LogP contribution is -2.20. The quantitative estimate of drug-likeness (QED) is 0.772. The molecule has 0 aliphatic heterocycles. The number of aryl methyl sites for hydroxylation is 1. The largest absolute Gasteiger partial charge is 0.467 e. The van der Waals surface area contributed by atoms with Crippen LogP contribution < -0.4 is 5.73 Å². The molecule has 0 saturated carbocycles. The molecule has 1 aromatic heterocycles. The van der Waals surface area contributed by atoms with Gasteiger partial charge >= 0.3 is 5.97 Å². The molecule has 0 saturated heterocycles. The zero-order valence-corrected chi connectivity index (χ0v) is 9.67. The minimum atomic E-state index is -0.384. The Balaban J connectivity index is 2.34. The number of hydrogen-bond donors (Lipinski definition) is 1. The van der Waals surface area contributed by atoms with E-state index < -0.39 is 0 Å². The number of carbonyl (C=O) groups excluding carboxylic acids is 1. The normalized spacial score (nSPS) is 12.5. The lowest BCUT2D eigenvalue weighted by molar-refractivity contribution is -0.146. The standard InChI is InChI=1S/C10H15NO3S/c1-7-3-4-15-10(7)8(11)5-14-6-9(12)13-2/h3-4,8H,5-6,11H2,1-2H3. The third-order valence-electron chi connectivity index (χ3n) is 1.98. The van der Waals surface area contributed by atoms with Crippen LogP contribution in [0.4, 0.5) is 0 Å². The number of methoxy groups -OCH3 is 1. The lowest BCUT2D eigenvalue weighted by Gasteiger charge is -2.10. The van der Waals surface area contributed by atoms with Gasteiger partial charge in [0.15, 0.2) is 0 Å². The second kappa shape index (κ2) is 5.85. The third kappa shape index (κ3) is 3.62. The van der Waals surface area contributed by atoms with Gasteiger partial charge in [0.25, 0.3) is 0 Å². The van der Waals surface area contributed by atoms with Crippen molar-refractivity contribution in [3.63, 3.8) is 0 Å². The van der Waals surface area contributed by atoms with E-state index >= 15 is 0 Å². The van der Waals surface area contributed by atoms with Gasteiger partial charge in [-0.3, -0.25) is 0 Å². The van der Waals surface area contributed by atoms with Gasteiger partial charge in [0.2, 0.25) is 0 Å². The van der Waals surface area contributed by atoms with Crippen LogP contribution in [0.1, 0.15) is 16.5 Å². The molecule has 84 valence electrons. The van der Waals surface area contributed by atoms with Crippen molar-refractivity contribution in [2.45, 2.75) is 13.0 Å². The molecule has 1 heterocycles. The highest BCUT2D eigenvalue weighted by molar-refractivity contribution is 7.10. The molecule has 0 fully saturated rings. The van der Waals surface area contributed by atoms with Gasteiger partial charge in [-0.15, -0.1) is 11.3 Å². The number of esters is 1. The summed E-state index contributed by atoms with van der Waals surface area (Å²) in [6.07, 6.45) is 0. The minimum absolute atomic E-state index is 0.0470. The zero-order valence-electron chi connectivity index (χ0n) is 8.86. The maximum Gasteiger partial charge on any atom is 0.331 e. The molecule has 4 nitrogen and oxygen atoms in total. The molecule has 5 heteroatoms. The minimum Gasteiger partial charge on any atom is -0.467 e. The summed E-state index contributed by atoms with van der Waals surface area (Å²) < 4.78 is 9.58. The van der Waals surface area contributed by atoms with Crippen molar-refractivity contribution in [3.8, 4) is 0 Å². The summed E-state index contributed by atoms with van der Waals surface area (Å²) in [7, 11) is 1.33. The van der Waals surface area contributed by atoms with Gasteiger partial charge in [0.05, 0.1) is 19.8 Å². The van der Waals surface area contributed by atoms with Crippen LogP contribution in [0.2, 0.25) is 0 Å². The van der Waals surface area contributed by atoms with Crippen LogP contribution in [0.15, 0.2) is 11.4 Å². The van der Waals surface area contributed by atoms with Crippen molar-refractivity contribution < 1.29 is 14.3 Å². The van der Waals surface area contributed by atoms with E-state index in [2.05, 4.69) is 4.74 Å². The molecule has 15 heavy (non-hydrogen) atoms. The first-order chi connectivity index (χ1) is 7.15. The number of rotatable bonds is 5. The Kier molecular flexibility index (Phi) is 4.74. The van der Waals surface area contributed by atoms with Gasteiger partial charge < -0.3 is 15.2 Å². The summed E-state index contributed by atoms with van der Waals surface area (Å²) in [6.45, 7) is 2.29. The first-order valence-electron chi connectivity index (χ1n) is 4.59. The van der Waals surface area contributed by atoms with E-state index in [1.807, 2.05) is 18.4 Å². The van der Waals surface area contributed by atoms with E-state index in [9.17, 15) is 4.79 Å². The highest BCUT2D eigenvalue weighted by Gasteiger charge is 2.11. The van der Waals surface area contributed by atoms with E-state index in [4.69, 9.17) is 10.5 Å². The van der Waals surface area contributed by atoms with Crippen LogP contribution in [0.5, 0.6) is 0 Å². The second-order valence-electron chi connectivity index (χ2n) is 3.17. The lowest BCUT2D eigenvalue weighted by atomic mass is 10.2. The molecule has 1 rings (SSSR count). The summed E-state index contributed by atoms with van der Waals surface area (Å²) >= 11 is 1.60. The van der Waals surface area contributed by atoms with Crippen molar-refractivity contribution in [1.82, 2.24) is 0 Å². The molecule has 1 aromatic rings. The Morgan fingerprint density at radius 2 is 2.40 bits per heavy atom. The predicted molar refractivity (Wildman–Crippen MR) is 58.8 cm³/mol. The fraction of sp³-hybridized carbons (Fsp3) is 0.500. The second-order valence-corrected chi connectivity index (χ2v) is 4.11. The van der Waals surface area contributed by atoms with Crippen molar-refractivity contribution in [2.75, 3.05) is 20.3 Å². The third-order valence-corrected chi connectivity index (χ3v) is 3.13. The molecule has 1 unspecified atom stereocenters. The molecule has 0 aliphatic rings. The predicted octanol–water partition coefficient (Wildman–Crippen LogP) is 1.25. The Hall–Kier alpha value is -0.910. The van der Waals surface area contributed by atoms with Gasteiger partial charge in [-0.2, -0.15) is 0 Å². The van der Waals surface area contributed by atoms with Crippen LogP contribution >= 0.6 is 11.3 Å². The van der Waals surface area contributed by atoms with Crippen molar-refractivity contribution in [3.05, 3.63) is 21.9 Å². The average molecular weight is 229 g/mol. The van der Waals surface area contributed by atoms with Crippen LogP contribution in [0.3, 0.4) is 0 Å². The van der Waals surface area contributed by atoms with Crippen LogP contribution in [-0.4, -0.2) is 26.3 Å². The maximum absolute atomic E-state index is 10.8. The van der Waals surface area contributed by atoms with Crippen molar-refractivity contribution in [2.24, 2.45) is 5.73 Å². The zero-order chi connectivity index (χ0) is 11.3. The van der Waals surface area contributed by atoms with Crippen molar-refractivity contribution >= 4 is 17.3 Å². The SMILES string of the molecule is COC(=O)COCC(N)c1sccc1C. The molecular formula is C10H15NO3S. The van der Waals surface area contributed by atoms with E-state index in [-0.39, 0.29) is 18.6 Å². The van der Waals surface area contributed by atoms with Gasteiger partial charge in [0.1, 0.15) is 6.61 Å². The fourth-order valence-electron chi connectivity index (χ4n) is 1.17. The molecule has 0 aromatic carbocycles. The first kappa shape index (κ1) is 12.2. The van der Waals surface area contributed by atoms with E-state index in [0.29, 0.717) is 6.61 Å². The topological polar surface area (TPSA) is 61.5 Å². The summed E-state index contributed by atoms with van der Waals surface area (Å²) in [4.78, 5) is 11.9. The fourth-order valence-corrected chi connectivity index (χ4v) is 2.08. The Bertz CT molecular complexity index is 324. The molecule has 0 radical (unpaired) electrons. The Morgan fingerprint density at radius 3 is 2.93 bits per heavy atom. The molecule has 0 aliphatic carbocycles. The summed E-state index contributed by atoms with van der Waals surface area (Å²) in [5.41, 5.74) is 7.06. The Morgan fingerprint density at radius 1 is 1.67 bits per heavy atom. The van der Waals surface area contributed by atoms with Gasteiger partial charge in [-0.1, -0.05) is 0 Å². The number of nitrogens with two attached hydrogens (primary N) is 1. The van der Waals surface area contributed by atoms with Crippen molar-refractivity contribution in [1.29, 1.82) is 0 Å². The molecule has 0 spiro atoms. The van der Waals surface area contributed by atoms with Crippen LogP contribution in [0, 0.1) is 6.92 Å². The number of thiophene rings is 1. The van der Waals surface area contributed by atoms with Gasteiger partial charge in [-0.05, 0) is 23.9 Å². The van der Waals surface area contributed by atoms with Gasteiger partial charge in [0, 0.05) is 4.88 Å². The molecule has 0 amide bonds. The van der Waals surface area contributed by atoms with E-state index in [0.717, 1.165) is 10.4 Å². The van der Waals surface area contributed by atoms with Crippen LogP contribution in [-0.2, 0) is 14.3 Å². The monoisotopic (exact) mass is 229 g/mol. The Labute approximate surface area is 93.0 Å². The molecule has 1 atom stereocenters. The van der Waals surface area contributed by atoms with E-state index in [1.54, 1.807) is 11.3 Å². The number of hydrogen-bond acceptors (Lipinski definition) is 5. The average Bonchev–Trinajstić information content (AvgIpc) is 2.64. The molecule has 0 bridgehead atoms. The molecule has 2 N–H and O–H groups in total. The van der Waals surface area contributed by atoms with Gasteiger partial charge in [-0.25, -0.2) is 4.79 Å². The smallest absolute Gasteiger partial charge is 0.331 e. The number of carbonyl (C=O) groups is 1. The summed E-state index contributed by atoms with van der Waals surface area (Å²) in [5, 5.41) is 1.99. The molecular weight excluding hydrogens is 214 g/mol. The van der Waals surface area contributed by atoms with Crippen LogP contribution in [0.25, 0.3) is 0 Å². The maximum atomic E-state index is 10.8. The summed E-state index contributed by atoms with van der Waals surface area (Å²) in [6, 6.07) is 1.84. The highest BCUT2D eigenvalue weighted by Crippen LogP contribution is 2.22. The summed E-state index contributed by atoms with van der Waals surface area (Å²) in [5.74, 6) is -0.384. The van der Waals surface area contributed by atoms with E-state index in [1.165, 1.54) is 7.11 Å². The first-order valence-corrected chi connectivity index (χ1v) is 5.47. The number of ether oxygens (including phenoxy) is 2. The highest BCUT2D eigenvalue weighted by atomic mass is 32.1.